The van der Waals surface area contributed by atoms with Crippen LogP contribution in [0.5, 0.6) is 0 Å². The van der Waals surface area contributed by atoms with Crippen molar-refractivity contribution in [3.8, 4) is 0 Å². The summed E-state index contributed by atoms with van der Waals surface area (Å²) in [5.41, 5.74) is 1.55. The minimum atomic E-state index is -0.793. The van der Waals surface area contributed by atoms with Crippen LogP contribution < -0.4 is 0 Å². The van der Waals surface area contributed by atoms with E-state index in [1.807, 2.05) is 0 Å². The molecule has 2 rings (SSSR count). The summed E-state index contributed by atoms with van der Waals surface area (Å²) < 4.78 is 10.8. The number of rotatable bonds is 4. The quantitative estimate of drug-likeness (QED) is 0.361. The Morgan fingerprint density at radius 1 is 1.52 bits per heavy atom. The highest BCUT2D eigenvalue weighted by molar-refractivity contribution is 5.92. The van der Waals surface area contributed by atoms with Crippen LogP contribution in [0.15, 0.2) is 47.6 Å². The highest BCUT2D eigenvalue weighted by Crippen LogP contribution is 2.36. The van der Waals surface area contributed by atoms with Gasteiger partial charge in [0.2, 0.25) is 0 Å². The molecule has 0 aromatic rings. The van der Waals surface area contributed by atoms with Gasteiger partial charge in [0.15, 0.2) is 0 Å². The van der Waals surface area contributed by atoms with Crippen molar-refractivity contribution in [2.75, 3.05) is 6.61 Å². The predicted octanol–water partition coefficient (Wildman–Crippen LogP) is 1.80. The van der Waals surface area contributed by atoms with Gasteiger partial charge in [-0.2, -0.15) is 0 Å². The molecule has 6 nitrogen and oxygen atoms in total. The Bertz CT molecular complexity index is 669. The fraction of sp³-hybridized carbons (Fsp3) is 0.421. The molecule has 3 atom stereocenters. The molecule has 25 heavy (non-hydrogen) atoms. The first-order valence-electron chi connectivity index (χ1n) is 8.08. The first-order chi connectivity index (χ1) is 11.9. The maximum absolute atomic E-state index is 12.0. The molecule has 1 saturated heterocycles. The number of allylic oxidation sites excluding steroid dienone is 1. The lowest BCUT2D eigenvalue weighted by molar-refractivity contribution is -0.147. The standard InChI is InChI=1S/C19H22O6/c1-11(2)18(22)24-15-7-13(9-20)5-4-6-14(10-21)8-16-17(15)12(3)19(23)25-16/h5,8-9,15-17,21H,1,3-4,6-7,10H2,2H3/b13-5+,14-8-/t15-,16-,17-/m1/s1. The van der Waals surface area contributed by atoms with Gasteiger partial charge in [-0.1, -0.05) is 19.2 Å². The summed E-state index contributed by atoms with van der Waals surface area (Å²) in [6.45, 7) is 8.65. The normalized spacial score (nSPS) is 30.9. The number of fused-ring (bicyclic) bond motifs is 1. The lowest BCUT2D eigenvalue weighted by atomic mass is 9.85. The van der Waals surface area contributed by atoms with Crippen molar-refractivity contribution < 1.29 is 29.0 Å². The molecular weight excluding hydrogens is 324 g/mol. The zero-order chi connectivity index (χ0) is 18.6. The zero-order valence-electron chi connectivity index (χ0n) is 14.2. The van der Waals surface area contributed by atoms with E-state index in [9.17, 15) is 19.5 Å². The van der Waals surface area contributed by atoms with Gasteiger partial charge < -0.3 is 14.6 Å². The van der Waals surface area contributed by atoms with E-state index in [0.29, 0.717) is 30.3 Å². The van der Waals surface area contributed by atoms with Gasteiger partial charge in [-0.25, -0.2) is 9.59 Å². The first-order valence-corrected chi connectivity index (χ1v) is 8.08. The Hall–Kier alpha value is -2.47. The average Bonchev–Trinajstić information content (AvgIpc) is 2.85. The second kappa shape index (κ2) is 8.07. The molecule has 1 aliphatic heterocycles. The van der Waals surface area contributed by atoms with Crippen LogP contribution in [0.4, 0.5) is 0 Å². The molecule has 1 fully saturated rings. The molecule has 0 amide bonds. The molecular formula is C19H22O6. The minimum absolute atomic E-state index is 0.154. The molecule has 1 N–H and O–H groups in total. The van der Waals surface area contributed by atoms with E-state index in [1.54, 1.807) is 12.2 Å². The summed E-state index contributed by atoms with van der Waals surface area (Å²) in [6, 6.07) is 0. The van der Waals surface area contributed by atoms with E-state index in [2.05, 4.69) is 13.2 Å². The van der Waals surface area contributed by atoms with Gasteiger partial charge >= 0.3 is 11.9 Å². The number of ether oxygens (including phenoxy) is 2. The van der Waals surface area contributed by atoms with Crippen LogP contribution in [0, 0.1) is 5.92 Å². The number of aliphatic hydroxyl groups excluding tert-OH is 1. The molecule has 1 aliphatic carbocycles. The van der Waals surface area contributed by atoms with E-state index in [4.69, 9.17) is 9.47 Å². The predicted molar refractivity (Wildman–Crippen MR) is 90.4 cm³/mol. The van der Waals surface area contributed by atoms with Gasteiger partial charge in [-0.05, 0) is 37.0 Å². The maximum atomic E-state index is 12.0. The van der Waals surface area contributed by atoms with Crippen LogP contribution in [0.25, 0.3) is 0 Å². The maximum Gasteiger partial charge on any atom is 0.334 e. The van der Waals surface area contributed by atoms with Crippen LogP contribution in [0.2, 0.25) is 0 Å². The number of aliphatic hydroxyl groups is 1. The number of esters is 2. The molecule has 2 aliphatic rings. The van der Waals surface area contributed by atoms with Gasteiger partial charge in [0.05, 0.1) is 12.5 Å². The molecule has 6 heteroatoms. The van der Waals surface area contributed by atoms with E-state index >= 15 is 0 Å². The molecule has 1 heterocycles. The van der Waals surface area contributed by atoms with Crippen molar-refractivity contribution in [1.29, 1.82) is 0 Å². The lowest BCUT2D eigenvalue weighted by Crippen LogP contribution is -2.34. The molecule has 0 unspecified atom stereocenters. The monoisotopic (exact) mass is 346 g/mol. The highest BCUT2D eigenvalue weighted by atomic mass is 16.6. The van der Waals surface area contributed by atoms with Gasteiger partial charge in [0.1, 0.15) is 18.5 Å². The highest BCUT2D eigenvalue weighted by Gasteiger charge is 2.44. The Kier molecular flexibility index (Phi) is 6.09. The third-order valence-corrected chi connectivity index (χ3v) is 4.33. The third kappa shape index (κ3) is 4.33. The van der Waals surface area contributed by atoms with Crippen LogP contribution in [0.1, 0.15) is 26.2 Å². The van der Waals surface area contributed by atoms with Gasteiger partial charge in [-0.15, -0.1) is 0 Å². The summed E-state index contributed by atoms with van der Waals surface area (Å²) >= 11 is 0. The SMILES string of the molecule is C=C(C)C(=O)O[C@@H]1C/C(C=O)=C\CC/C(CO)=C/[C@H]2OC(=O)C(=C)[C@@H]21. The number of carbonyl (C=O) groups excluding carboxylic acids is 3. The van der Waals surface area contributed by atoms with Crippen molar-refractivity contribution in [2.45, 2.75) is 38.4 Å². The van der Waals surface area contributed by atoms with Gasteiger partial charge in [-0.3, -0.25) is 4.79 Å². The summed E-state index contributed by atoms with van der Waals surface area (Å²) in [6.07, 6.45) is 3.89. The number of carbonyl (C=O) groups is 3. The van der Waals surface area contributed by atoms with E-state index in [-0.39, 0.29) is 24.2 Å². The molecule has 0 bridgehead atoms. The smallest absolute Gasteiger partial charge is 0.334 e. The second-order valence-corrected chi connectivity index (χ2v) is 6.27. The fourth-order valence-electron chi connectivity index (χ4n) is 2.96. The Morgan fingerprint density at radius 2 is 2.24 bits per heavy atom. The largest absolute Gasteiger partial charge is 0.458 e. The molecule has 0 radical (unpaired) electrons. The number of hydrogen-bond donors (Lipinski definition) is 1. The number of hydrogen-bond acceptors (Lipinski definition) is 6. The van der Waals surface area contributed by atoms with Crippen LogP contribution >= 0.6 is 0 Å². The van der Waals surface area contributed by atoms with E-state index in [1.165, 1.54) is 6.92 Å². The average molecular weight is 346 g/mol. The van der Waals surface area contributed by atoms with E-state index < -0.39 is 30.1 Å². The summed E-state index contributed by atoms with van der Waals surface area (Å²) in [7, 11) is 0. The Balaban J connectivity index is 2.45. The van der Waals surface area contributed by atoms with Crippen LogP contribution in [0.3, 0.4) is 0 Å². The van der Waals surface area contributed by atoms with Crippen LogP contribution in [-0.4, -0.2) is 42.1 Å². The van der Waals surface area contributed by atoms with E-state index in [0.717, 1.165) is 0 Å². The first kappa shape index (κ1) is 18.9. The van der Waals surface area contributed by atoms with Crippen molar-refractivity contribution in [1.82, 2.24) is 0 Å². The minimum Gasteiger partial charge on any atom is -0.458 e. The van der Waals surface area contributed by atoms with Gasteiger partial charge in [0.25, 0.3) is 0 Å². The summed E-state index contributed by atoms with van der Waals surface area (Å²) in [4.78, 5) is 35.4. The molecule has 0 spiro atoms. The fourth-order valence-corrected chi connectivity index (χ4v) is 2.96. The molecule has 134 valence electrons. The van der Waals surface area contributed by atoms with Crippen molar-refractivity contribution in [3.63, 3.8) is 0 Å². The zero-order valence-corrected chi connectivity index (χ0v) is 14.2. The lowest BCUT2D eigenvalue weighted by Gasteiger charge is -2.27. The van der Waals surface area contributed by atoms with Crippen molar-refractivity contribution in [2.24, 2.45) is 5.92 Å². The molecule has 0 aromatic heterocycles. The van der Waals surface area contributed by atoms with Crippen molar-refractivity contribution in [3.05, 3.63) is 47.6 Å². The summed E-state index contributed by atoms with van der Waals surface area (Å²) in [5.74, 6) is -1.81. The molecule has 0 saturated carbocycles. The third-order valence-electron chi connectivity index (χ3n) is 4.33. The van der Waals surface area contributed by atoms with Crippen molar-refractivity contribution >= 4 is 18.2 Å². The van der Waals surface area contributed by atoms with Crippen LogP contribution in [-0.2, 0) is 23.9 Å². The Labute approximate surface area is 146 Å². The Morgan fingerprint density at radius 3 is 2.84 bits per heavy atom. The van der Waals surface area contributed by atoms with Gasteiger partial charge in [0, 0.05) is 17.6 Å². The number of aldehydes is 1. The summed E-state index contributed by atoms with van der Waals surface area (Å²) in [5, 5.41) is 9.51. The molecule has 0 aromatic carbocycles. The second-order valence-electron chi connectivity index (χ2n) is 6.27. The topological polar surface area (TPSA) is 89.9 Å².